The van der Waals surface area contributed by atoms with Crippen LogP contribution in [0.3, 0.4) is 0 Å². The highest BCUT2D eigenvalue weighted by atomic mass is 19.4. The molecule has 2 aliphatic rings. The highest BCUT2D eigenvalue weighted by molar-refractivity contribution is 5.94. The van der Waals surface area contributed by atoms with Crippen LogP contribution in [0.1, 0.15) is 46.9 Å². The average Bonchev–Trinajstić information content (AvgIpc) is 2.90. The fraction of sp³-hybridized carbons (Fsp3) is 0.370. The van der Waals surface area contributed by atoms with Crippen molar-refractivity contribution in [3.8, 4) is 11.6 Å². The van der Waals surface area contributed by atoms with Crippen LogP contribution < -0.4 is 9.64 Å². The summed E-state index contributed by atoms with van der Waals surface area (Å²) < 4.78 is 72.0. The van der Waals surface area contributed by atoms with E-state index >= 15 is 0 Å². The van der Waals surface area contributed by atoms with Crippen molar-refractivity contribution in [3.05, 3.63) is 76.5 Å². The number of nitrogens with zero attached hydrogens (tertiary/aromatic N) is 4. The third-order valence-electron chi connectivity index (χ3n) is 6.93. The Kier molecular flexibility index (Phi) is 6.93. The highest BCUT2D eigenvalue weighted by Gasteiger charge is 2.32. The summed E-state index contributed by atoms with van der Waals surface area (Å²) in [5.41, 5.74) is 0.454. The van der Waals surface area contributed by atoms with Crippen LogP contribution in [0.5, 0.6) is 11.6 Å². The molecule has 2 aliphatic heterocycles. The Morgan fingerprint density at radius 3 is 2.34 bits per heavy atom. The van der Waals surface area contributed by atoms with Crippen LogP contribution >= 0.6 is 0 Å². The number of amides is 1. The summed E-state index contributed by atoms with van der Waals surface area (Å²) in [6, 6.07) is 7.19. The van der Waals surface area contributed by atoms with Gasteiger partial charge in [0.05, 0.1) is 23.4 Å². The van der Waals surface area contributed by atoms with Gasteiger partial charge in [0.2, 0.25) is 11.8 Å². The first-order valence-electron chi connectivity index (χ1n) is 12.3. The molecule has 1 fully saturated rings. The molecule has 0 spiro atoms. The summed E-state index contributed by atoms with van der Waals surface area (Å²) in [6.07, 6.45) is -2.17. The fourth-order valence-electron chi connectivity index (χ4n) is 4.62. The molecule has 11 heteroatoms. The molecule has 1 saturated heterocycles. The van der Waals surface area contributed by atoms with Crippen LogP contribution in [-0.2, 0) is 19.1 Å². The van der Waals surface area contributed by atoms with Gasteiger partial charge < -0.3 is 14.5 Å². The smallest absolute Gasteiger partial charge is 0.416 e. The van der Waals surface area contributed by atoms with Crippen molar-refractivity contribution in [3.63, 3.8) is 0 Å². The molecule has 0 aliphatic carbocycles. The van der Waals surface area contributed by atoms with Crippen molar-refractivity contribution in [2.45, 2.75) is 38.9 Å². The van der Waals surface area contributed by atoms with E-state index in [2.05, 4.69) is 16.8 Å². The molecule has 3 heterocycles. The van der Waals surface area contributed by atoms with Gasteiger partial charge in [0.25, 0.3) is 5.91 Å². The van der Waals surface area contributed by atoms with Crippen LogP contribution in [0.2, 0.25) is 0 Å². The van der Waals surface area contributed by atoms with E-state index in [1.165, 1.54) is 11.0 Å². The highest BCUT2D eigenvalue weighted by Crippen LogP contribution is 2.34. The quantitative estimate of drug-likeness (QED) is 0.386. The lowest BCUT2D eigenvalue weighted by atomic mass is 9.99. The van der Waals surface area contributed by atoms with E-state index in [0.717, 1.165) is 62.3 Å². The minimum Gasteiger partial charge on any atom is -0.438 e. The third-order valence-corrected chi connectivity index (χ3v) is 6.93. The number of benzene rings is 2. The second-order valence-electron chi connectivity index (χ2n) is 9.65. The van der Waals surface area contributed by atoms with E-state index in [-0.39, 0.29) is 23.7 Å². The number of hydrogen-bond donors (Lipinski definition) is 0. The summed E-state index contributed by atoms with van der Waals surface area (Å²) >= 11 is 0. The Labute approximate surface area is 216 Å². The maximum Gasteiger partial charge on any atom is 0.416 e. The first kappa shape index (κ1) is 25.9. The van der Waals surface area contributed by atoms with E-state index in [0.29, 0.717) is 36.1 Å². The number of hydrogen-bond acceptors (Lipinski definition) is 5. The molecule has 1 aromatic heterocycles. The van der Waals surface area contributed by atoms with Gasteiger partial charge >= 0.3 is 6.18 Å². The summed E-state index contributed by atoms with van der Waals surface area (Å²) in [7, 11) is 0. The molecule has 0 atom stereocenters. The van der Waals surface area contributed by atoms with E-state index < -0.39 is 29.3 Å². The maximum atomic E-state index is 13.9. The molecule has 6 nitrogen and oxygen atoms in total. The zero-order valence-electron chi connectivity index (χ0n) is 20.6. The minimum atomic E-state index is -4.50. The van der Waals surface area contributed by atoms with Crippen LogP contribution in [-0.4, -0.2) is 40.4 Å². The van der Waals surface area contributed by atoms with Gasteiger partial charge in [-0.05, 0) is 55.2 Å². The first-order chi connectivity index (χ1) is 18.1. The van der Waals surface area contributed by atoms with Gasteiger partial charge in [-0.15, -0.1) is 0 Å². The second kappa shape index (κ2) is 10.2. The van der Waals surface area contributed by atoms with E-state index in [4.69, 9.17) is 9.72 Å². The van der Waals surface area contributed by atoms with Gasteiger partial charge in [-0.1, -0.05) is 6.92 Å². The Bertz CT molecular complexity index is 1340. The molecule has 5 rings (SSSR count). The number of alkyl halides is 3. The molecule has 0 bridgehead atoms. The number of ether oxygens (including phenoxy) is 1. The largest absolute Gasteiger partial charge is 0.438 e. The molecular formula is C27H25F5N4O2. The molecule has 38 heavy (non-hydrogen) atoms. The molecule has 0 saturated carbocycles. The number of carbonyl (C=O) groups is 1. The number of carbonyl (C=O) groups excluding carboxylic acids is 1. The van der Waals surface area contributed by atoms with Gasteiger partial charge in [0.1, 0.15) is 5.75 Å². The van der Waals surface area contributed by atoms with Crippen molar-refractivity contribution in [2.24, 2.45) is 5.92 Å². The van der Waals surface area contributed by atoms with Gasteiger partial charge in [0.15, 0.2) is 11.6 Å². The average molecular weight is 533 g/mol. The summed E-state index contributed by atoms with van der Waals surface area (Å²) in [6.45, 7) is 4.06. The van der Waals surface area contributed by atoms with Crippen molar-refractivity contribution < 1.29 is 31.5 Å². The molecular weight excluding hydrogens is 507 g/mol. The summed E-state index contributed by atoms with van der Waals surface area (Å²) in [5.74, 6) is -1.32. The molecule has 0 radical (unpaired) electrons. The SMILES string of the molecule is CC1CCN(c2nc3c(c(Oc4ccc(F)c(F)c4)n2)CN(C(=O)c2ccc(C(F)(F)F)cc2)CC3)CC1. The standard InChI is InChI=1S/C27H25F5N4O2/c1-16-8-11-35(12-9-16)26-33-23-10-13-36(25(37)17-2-4-18(5-3-17)27(30,31)32)15-20(23)24(34-26)38-19-6-7-21(28)22(29)14-19/h2-7,14,16H,8-13,15H2,1H3. The van der Waals surface area contributed by atoms with Crippen molar-refractivity contribution >= 4 is 11.9 Å². The lowest BCUT2D eigenvalue weighted by Crippen LogP contribution is -2.38. The fourth-order valence-corrected chi connectivity index (χ4v) is 4.62. The summed E-state index contributed by atoms with van der Waals surface area (Å²) in [5, 5.41) is 0. The Morgan fingerprint density at radius 2 is 1.68 bits per heavy atom. The van der Waals surface area contributed by atoms with Crippen molar-refractivity contribution in [1.29, 1.82) is 0 Å². The molecule has 1 amide bonds. The monoisotopic (exact) mass is 532 g/mol. The summed E-state index contributed by atoms with van der Waals surface area (Å²) in [4.78, 5) is 26.0. The van der Waals surface area contributed by atoms with Gasteiger partial charge in [0, 0.05) is 37.7 Å². The van der Waals surface area contributed by atoms with Crippen LogP contribution in [0, 0.1) is 17.6 Å². The van der Waals surface area contributed by atoms with E-state index in [9.17, 15) is 26.7 Å². The minimum absolute atomic E-state index is 0.0363. The zero-order valence-corrected chi connectivity index (χ0v) is 20.6. The predicted molar refractivity (Wildman–Crippen MR) is 129 cm³/mol. The van der Waals surface area contributed by atoms with Crippen molar-refractivity contribution in [2.75, 3.05) is 24.5 Å². The topological polar surface area (TPSA) is 58.6 Å². The number of anilines is 1. The maximum absolute atomic E-state index is 13.9. The number of aromatic nitrogens is 2. The molecule has 3 aromatic rings. The van der Waals surface area contributed by atoms with Crippen molar-refractivity contribution in [1.82, 2.24) is 14.9 Å². The number of halogens is 5. The lowest BCUT2D eigenvalue weighted by molar-refractivity contribution is -0.137. The lowest BCUT2D eigenvalue weighted by Gasteiger charge is -2.33. The molecule has 2 aromatic carbocycles. The number of fused-ring (bicyclic) bond motifs is 1. The third kappa shape index (κ3) is 5.41. The second-order valence-corrected chi connectivity index (χ2v) is 9.65. The Balaban J connectivity index is 1.45. The van der Waals surface area contributed by atoms with Gasteiger partial charge in [-0.2, -0.15) is 18.2 Å². The van der Waals surface area contributed by atoms with Gasteiger partial charge in [-0.25, -0.2) is 13.8 Å². The normalized spacial score (nSPS) is 16.4. The molecule has 0 unspecified atom stereocenters. The number of rotatable bonds is 4. The first-order valence-corrected chi connectivity index (χ1v) is 12.3. The van der Waals surface area contributed by atoms with Crippen LogP contribution in [0.25, 0.3) is 0 Å². The van der Waals surface area contributed by atoms with E-state index in [1.807, 2.05) is 0 Å². The van der Waals surface area contributed by atoms with E-state index in [1.54, 1.807) is 0 Å². The van der Waals surface area contributed by atoms with Crippen LogP contribution in [0.4, 0.5) is 27.9 Å². The van der Waals surface area contributed by atoms with Gasteiger partial charge in [-0.3, -0.25) is 4.79 Å². The van der Waals surface area contributed by atoms with Crippen LogP contribution in [0.15, 0.2) is 42.5 Å². The Hall–Kier alpha value is -3.76. The molecule has 200 valence electrons. The number of piperidine rings is 1. The predicted octanol–water partition coefficient (Wildman–Crippen LogP) is 6.00. The zero-order chi connectivity index (χ0) is 27.0. The Morgan fingerprint density at radius 1 is 0.974 bits per heavy atom. The molecule has 0 N–H and O–H groups in total.